The molecule has 0 saturated heterocycles. The summed E-state index contributed by atoms with van der Waals surface area (Å²) in [6, 6.07) is 10.2. The van der Waals surface area contributed by atoms with Crippen LogP contribution >= 0.6 is 11.8 Å². The largest absolute Gasteiger partial charge is 0.353 e. The maximum Gasteiger partial charge on any atom is 0.278 e. The van der Waals surface area contributed by atoms with Crippen molar-refractivity contribution in [3.63, 3.8) is 0 Å². The molecule has 2 heterocycles. The van der Waals surface area contributed by atoms with Crippen molar-refractivity contribution >= 4 is 28.7 Å². The van der Waals surface area contributed by atoms with Crippen molar-refractivity contribution < 1.29 is 4.79 Å². The normalized spacial score (nSPS) is 16.7. The lowest BCUT2D eigenvalue weighted by Gasteiger charge is -2.18. The molecule has 0 bridgehead atoms. The molecule has 4 rings (SSSR count). The van der Waals surface area contributed by atoms with Crippen LogP contribution in [0.3, 0.4) is 0 Å². The number of hydrogen-bond donors (Lipinski definition) is 2. The van der Waals surface area contributed by atoms with Crippen molar-refractivity contribution in [3.8, 4) is 0 Å². The van der Waals surface area contributed by atoms with Gasteiger partial charge < -0.3 is 10.3 Å². The number of nitrogens with zero attached hydrogens (tertiary/aromatic N) is 2. The monoisotopic (exact) mass is 410 g/mol. The summed E-state index contributed by atoms with van der Waals surface area (Å²) in [6.45, 7) is 5.96. The topological polar surface area (TPSA) is 79.8 Å². The highest BCUT2D eigenvalue weighted by molar-refractivity contribution is 7.99. The summed E-state index contributed by atoms with van der Waals surface area (Å²) in [6.07, 6.45) is 2.73. The van der Waals surface area contributed by atoms with Crippen LogP contribution in [0.2, 0.25) is 0 Å². The van der Waals surface area contributed by atoms with Crippen LogP contribution in [-0.2, 0) is 11.2 Å². The van der Waals surface area contributed by atoms with Crippen molar-refractivity contribution in [1.29, 1.82) is 0 Å². The number of thioether (sulfide) groups is 1. The fraction of sp³-hybridized carbons (Fsp3) is 0.409. The van der Waals surface area contributed by atoms with E-state index in [4.69, 9.17) is 0 Å². The zero-order valence-corrected chi connectivity index (χ0v) is 17.8. The summed E-state index contributed by atoms with van der Waals surface area (Å²) < 4.78 is 1.71. The summed E-state index contributed by atoms with van der Waals surface area (Å²) in [7, 11) is 0. The number of nitrogens with one attached hydrogen (secondary N) is 2. The van der Waals surface area contributed by atoms with Crippen LogP contribution in [0.1, 0.15) is 55.6 Å². The Morgan fingerprint density at radius 3 is 3.00 bits per heavy atom. The number of benzene rings is 1. The van der Waals surface area contributed by atoms with Gasteiger partial charge >= 0.3 is 0 Å². The third kappa shape index (κ3) is 3.83. The van der Waals surface area contributed by atoms with E-state index in [1.54, 1.807) is 4.57 Å². The smallest absolute Gasteiger partial charge is 0.278 e. The standard InChI is InChI=1S/C22H26N4O2S/c1-4-14(3)26-21(28)20-18(11-13(2)23-20)25-22(26)29-12-19(27)24-17-10-9-15-7-5-6-8-16(15)17/h5-8,11,14,17,23H,4,9-10,12H2,1-3H3,(H,24,27). The average molecular weight is 411 g/mol. The fourth-order valence-electron chi connectivity index (χ4n) is 3.94. The average Bonchev–Trinajstić information content (AvgIpc) is 3.29. The molecule has 1 aromatic carbocycles. The van der Waals surface area contributed by atoms with E-state index in [-0.39, 0.29) is 29.3 Å². The van der Waals surface area contributed by atoms with Crippen molar-refractivity contribution in [1.82, 2.24) is 19.9 Å². The molecule has 0 saturated carbocycles. The number of carbonyl (C=O) groups excluding carboxylic acids is 1. The third-order valence-electron chi connectivity index (χ3n) is 5.62. The molecular formula is C22H26N4O2S. The molecule has 2 atom stereocenters. The molecule has 29 heavy (non-hydrogen) atoms. The maximum atomic E-state index is 13.0. The zero-order valence-electron chi connectivity index (χ0n) is 17.0. The number of aromatic nitrogens is 3. The maximum absolute atomic E-state index is 13.0. The van der Waals surface area contributed by atoms with E-state index >= 15 is 0 Å². The Morgan fingerprint density at radius 1 is 1.41 bits per heavy atom. The second kappa shape index (κ2) is 8.06. The number of aromatic amines is 1. The molecule has 2 aromatic heterocycles. The number of carbonyl (C=O) groups is 1. The van der Waals surface area contributed by atoms with E-state index in [2.05, 4.69) is 27.4 Å². The molecule has 7 heteroatoms. The lowest BCUT2D eigenvalue weighted by molar-refractivity contribution is -0.119. The van der Waals surface area contributed by atoms with Gasteiger partial charge in [0.05, 0.1) is 17.3 Å². The number of aryl methyl sites for hydroxylation is 2. The van der Waals surface area contributed by atoms with Gasteiger partial charge in [0.25, 0.3) is 5.56 Å². The van der Waals surface area contributed by atoms with Gasteiger partial charge in [-0.15, -0.1) is 0 Å². The number of amides is 1. The molecule has 1 aliphatic carbocycles. The minimum absolute atomic E-state index is 0.00952. The molecule has 0 fully saturated rings. The summed E-state index contributed by atoms with van der Waals surface area (Å²) in [5.74, 6) is 0.197. The van der Waals surface area contributed by atoms with Crippen LogP contribution in [0.15, 0.2) is 40.3 Å². The predicted molar refractivity (Wildman–Crippen MR) is 116 cm³/mol. The second-order valence-electron chi connectivity index (χ2n) is 7.69. The van der Waals surface area contributed by atoms with Crippen LogP contribution in [-0.4, -0.2) is 26.2 Å². The van der Waals surface area contributed by atoms with Gasteiger partial charge in [-0.05, 0) is 50.3 Å². The first-order chi connectivity index (χ1) is 14.0. The summed E-state index contributed by atoms with van der Waals surface area (Å²) in [4.78, 5) is 33.4. The molecule has 0 spiro atoms. The van der Waals surface area contributed by atoms with Crippen molar-refractivity contribution in [3.05, 3.63) is 57.5 Å². The number of H-pyrrole nitrogens is 1. The van der Waals surface area contributed by atoms with Gasteiger partial charge in [0.2, 0.25) is 5.91 Å². The summed E-state index contributed by atoms with van der Waals surface area (Å²) in [5, 5.41) is 3.74. The first-order valence-electron chi connectivity index (χ1n) is 10.1. The third-order valence-corrected chi connectivity index (χ3v) is 6.57. The Labute approximate surface area is 174 Å². The van der Waals surface area contributed by atoms with Gasteiger partial charge in [0, 0.05) is 11.7 Å². The highest BCUT2D eigenvalue weighted by Gasteiger charge is 2.24. The zero-order chi connectivity index (χ0) is 20.5. The first kappa shape index (κ1) is 19.8. The minimum Gasteiger partial charge on any atom is -0.353 e. The Bertz CT molecular complexity index is 1120. The Hall–Kier alpha value is -2.54. The van der Waals surface area contributed by atoms with Crippen molar-refractivity contribution in [2.45, 2.75) is 57.3 Å². The van der Waals surface area contributed by atoms with Gasteiger partial charge in [-0.1, -0.05) is 43.0 Å². The molecule has 3 aromatic rings. The van der Waals surface area contributed by atoms with E-state index in [0.29, 0.717) is 16.2 Å². The van der Waals surface area contributed by atoms with Gasteiger partial charge in [-0.2, -0.15) is 0 Å². The first-order valence-corrected chi connectivity index (χ1v) is 11.1. The molecular weight excluding hydrogens is 384 g/mol. The van der Waals surface area contributed by atoms with Gasteiger partial charge in [-0.25, -0.2) is 4.98 Å². The molecule has 2 N–H and O–H groups in total. The lowest BCUT2D eigenvalue weighted by Crippen LogP contribution is -2.30. The lowest BCUT2D eigenvalue weighted by atomic mass is 10.1. The van der Waals surface area contributed by atoms with E-state index in [1.165, 1.54) is 22.9 Å². The van der Waals surface area contributed by atoms with E-state index in [1.807, 2.05) is 39.0 Å². The minimum atomic E-state index is -0.0786. The Morgan fingerprint density at radius 2 is 2.21 bits per heavy atom. The fourth-order valence-corrected chi connectivity index (χ4v) is 4.84. The molecule has 2 unspecified atom stereocenters. The molecule has 1 amide bonds. The molecule has 1 aliphatic rings. The van der Waals surface area contributed by atoms with Crippen LogP contribution in [0.25, 0.3) is 11.0 Å². The van der Waals surface area contributed by atoms with Crippen molar-refractivity contribution in [2.75, 3.05) is 5.75 Å². The van der Waals surface area contributed by atoms with Gasteiger partial charge in [0.1, 0.15) is 5.52 Å². The summed E-state index contributed by atoms with van der Waals surface area (Å²) >= 11 is 1.33. The Kier molecular flexibility index (Phi) is 5.50. The summed E-state index contributed by atoms with van der Waals surface area (Å²) in [5.41, 5.74) is 4.53. The molecule has 0 radical (unpaired) electrons. The highest BCUT2D eigenvalue weighted by Crippen LogP contribution is 2.31. The van der Waals surface area contributed by atoms with Gasteiger partial charge in [-0.3, -0.25) is 14.2 Å². The van der Waals surface area contributed by atoms with Crippen LogP contribution in [0.5, 0.6) is 0 Å². The Balaban J connectivity index is 1.53. The van der Waals surface area contributed by atoms with Crippen LogP contribution < -0.4 is 10.9 Å². The van der Waals surface area contributed by atoms with Crippen LogP contribution in [0.4, 0.5) is 0 Å². The predicted octanol–water partition coefficient (Wildman–Crippen LogP) is 3.90. The van der Waals surface area contributed by atoms with Crippen LogP contribution in [0, 0.1) is 6.92 Å². The number of hydrogen-bond acceptors (Lipinski definition) is 4. The van der Waals surface area contributed by atoms with Crippen molar-refractivity contribution in [2.24, 2.45) is 0 Å². The number of rotatable bonds is 6. The van der Waals surface area contributed by atoms with E-state index in [9.17, 15) is 9.59 Å². The second-order valence-corrected chi connectivity index (χ2v) is 8.63. The quantitative estimate of drug-likeness (QED) is 0.477. The molecule has 6 nitrogen and oxygen atoms in total. The number of fused-ring (bicyclic) bond motifs is 2. The van der Waals surface area contributed by atoms with Gasteiger partial charge in [0.15, 0.2) is 5.16 Å². The van der Waals surface area contributed by atoms with E-state index in [0.717, 1.165) is 25.0 Å². The SMILES string of the molecule is CCC(C)n1c(SCC(=O)NC2CCc3ccccc32)nc2cc(C)[nH]c2c1=O. The molecule has 152 valence electrons. The molecule has 0 aliphatic heterocycles. The van der Waals surface area contributed by atoms with E-state index < -0.39 is 0 Å². The highest BCUT2D eigenvalue weighted by atomic mass is 32.2.